The predicted octanol–water partition coefficient (Wildman–Crippen LogP) is 4.19. The quantitative estimate of drug-likeness (QED) is 0.429. The van der Waals surface area contributed by atoms with Gasteiger partial charge in [-0.15, -0.1) is 0 Å². The zero-order chi connectivity index (χ0) is 21.2. The van der Waals surface area contributed by atoms with Crippen LogP contribution in [-0.2, 0) is 11.4 Å². The third kappa shape index (κ3) is 6.10. The van der Waals surface area contributed by atoms with E-state index in [-0.39, 0.29) is 5.91 Å². The number of carbonyl (C=O) groups excluding carboxylic acids is 1. The van der Waals surface area contributed by atoms with Crippen molar-refractivity contribution in [2.75, 3.05) is 7.11 Å². The molecule has 3 rings (SSSR count). The van der Waals surface area contributed by atoms with Crippen molar-refractivity contribution in [3.05, 3.63) is 90.0 Å². The Bertz CT molecular complexity index is 989. The molecule has 0 heterocycles. The standard InChI is InChI=1S/C24H24N2O4/c1-18(30-22-13-8-12-21(15-22)28-2)24(27)26-25-16-20-11-6-7-14-23(20)29-17-19-9-4-3-5-10-19/h3-16,18H,17H2,1-2H3,(H,26,27)/b25-16+. The summed E-state index contributed by atoms with van der Waals surface area (Å²) < 4.78 is 16.7. The lowest BCUT2D eigenvalue weighted by molar-refractivity contribution is -0.127. The topological polar surface area (TPSA) is 69.2 Å². The molecular formula is C24H24N2O4. The zero-order valence-electron chi connectivity index (χ0n) is 16.9. The van der Waals surface area contributed by atoms with Crippen molar-refractivity contribution in [1.82, 2.24) is 5.43 Å². The average molecular weight is 404 g/mol. The summed E-state index contributed by atoms with van der Waals surface area (Å²) in [5.74, 6) is 1.52. The minimum Gasteiger partial charge on any atom is -0.497 e. The first-order valence-corrected chi connectivity index (χ1v) is 9.55. The highest BCUT2D eigenvalue weighted by atomic mass is 16.5. The van der Waals surface area contributed by atoms with Crippen LogP contribution in [0.15, 0.2) is 84.0 Å². The normalized spacial score (nSPS) is 11.7. The Morgan fingerprint density at radius 2 is 1.73 bits per heavy atom. The monoisotopic (exact) mass is 404 g/mol. The van der Waals surface area contributed by atoms with Crippen LogP contribution in [0.5, 0.6) is 17.2 Å². The lowest BCUT2D eigenvalue weighted by atomic mass is 10.2. The fraction of sp³-hybridized carbons (Fsp3) is 0.167. The Labute approximate surface area is 176 Å². The van der Waals surface area contributed by atoms with E-state index in [9.17, 15) is 4.79 Å². The molecule has 1 N–H and O–H groups in total. The van der Waals surface area contributed by atoms with Crippen LogP contribution in [0, 0.1) is 0 Å². The zero-order valence-corrected chi connectivity index (χ0v) is 16.9. The number of hydrazone groups is 1. The van der Waals surface area contributed by atoms with E-state index in [1.807, 2.05) is 54.6 Å². The number of ether oxygens (including phenoxy) is 3. The Morgan fingerprint density at radius 1 is 1.00 bits per heavy atom. The van der Waals surface area contributed by atoms with Crippen molar-refractivity contribution < 1.29 is 19.0 Å². The average Bonchev–Trinajstić information content (AvgIpc) is 2.79. The maximum absolute atomic E-state index is 12.3. The van der Waals surface area contributed by atoms with Gasteiger partial charge in [-0.3, -0.25) is 4.79 Å². The molecule has 6 heteroatoms. The number of hydrogen-bond donors (Lipinski definition) is 1. The number of nitrogens with one attached hydrogen (secondary N) is 1. The van der Waals surface area contributed by atoms with Crippen LogP contribution in [0.3, 0.4) is 0 Å². The van der Waals surface area contributed by atoms with Gasteiger partial charge in [0.25, 0.3) is 5.91 Å². The van der Waals surface area contributed by atoms with E-state index in [0.717, 1.165) is 11.1 Å². The molecule has 1 amide bonds. The fourth-order valence-corrected chi connectivity index (χ4v) is 2.64. The molecule has 3 aromatic rings. The highest BCUT2D eigenvalue weighted by molar-refractivity contribution is 5.86. The van der Waals surface area contributed by atoms with E-state index in [4.69, 9.17) is 14.2 Å². The van der Waals surface area contributed by atoms with Gasteiger partial charge in [0, 0.05) is 11.6 Å². The third-order valence-electron chi connectivity index (χ3n) is 4.26. The highest BCUT2D eigenvalue weighted by Gasteiger charge is 2.14. The minimum absolute atomic E-state index is 0.364. The molecule has 154 valence electrons. The van der Waals surface area contributed by atoms with Gasteiger partial charge < -0.3 is 14.2 Å². The molecule has 0 aromatic heterocycles. The highest BCUT2D eigenvalue weighted by Crippen LogP contribution is 2.20. The fourth-order valence-electron chi connectivity index (χ4n) is 2.64. The first-order valence-electron chi connectivity index (χ1n) is 9.55. The lowest BCUT2D eigenvalue weighted by Gasteiger charge is -2.13. The number of amides is 1. The molecule has 3 aromatic carbocycles. The van der Waals surface area contributed by atoms with E-state index >= 15 is 0 Å². The molecule has 0 aliphatic carbocycles. The van der Waals surface area contributed by atoms with Crippen LogP contribution < -0.4 is 19.6 Å². The number of nitrogens with zero attached hydrogens (tertiary/aromatic N) is 1. The van der Waals surface area contributed by atoms with Gasteiger partial charge in [-0.2, -0.15) is 5.10 Å². The maximum Gasteiger partial charge on any atom is 0.280 e. The number of rotatable bonds is 9. The predicted molar refractivity (Wildman–Crippen MR) is 116 cm³/mol. The van der Waals surface area contributed by atoms with Crippen LogP contribution >= 0.6 is 0 Å². The minimum atomic E-state index is -0.723. The second-order valence-electron chi connectivity index (χ2n) is 6.49. The van der Waals surface area contributed by atoms with Gasteiger partial charge in [0.15, 0.2) is 6.10 Å². The van der Waals surface area contributed by atoms with Crippen LogP contribution in [0.2, 0.25) is 0 Å². The summed E-state index contributed by atoms with van der Waals surface area (Å²) in [6.07, 6.45) is 0.829. The van der Waals surface area contributed by atoms with Crippen LogP contribution in [-0.4, -0.2) is 25.3 Å². The number of hydrogen-bond acceptors (Lipinski definition) is 5. The van der Waals surface area contributed by atoms with Crippen LogP contribution in [0.4, 0.5) is 0 Å². The summed E-state index contributed by atoms with van der Waals surface area (Å²) in [5, 5.41) is 4.04. The molecule has 30 heavy (non-hydrogen) atoms. The third-order valence-corrected chi connectivity index (χ3v) is 4.26. The van der Waals surface area contributed by atoms with Crippen LogP contribution in [0.25, 0.3) is 0 Å². The molecule has 0 saturated carbocycles. The Kier molecular flexibility index (Phi) is 7.44. The molecule has 0 aliphatic heterocycles. The summed E-state index contributed by atoms with van der Waals surface area (Å²) in [6, 6.07) is 24.5. The van der Waals surface area contributed by atoms with Gasteiger partial charge in [0.05, 0.1) is 13.3 Å². The van der Waals surface area contributed by atoms with Crippen molar-refractivity contribution in [1.29, 1.82) is 0 Å². The summed E-state index contributed by atoms with van der Waals surface area (Å²) in [5.41, 5.74) is 4.33. The van der Waals surface area contributed by atoms with Gasteiger partial charge in [-0.05, 0) is 36.8 Å². The Hall–Kier alpha value is -3.80. The SMILES string of the molecule is COc1cccc(OC(C)C(=O)N/N=C/c2ccccc2OCc2ccccc2)c1. The molecule has 0 saturated heterocycles. The van der Waals surface area contributed by atoms with Gasteiger partial charge in [-0.1, -0.05) is 48.5 Å². The van der Waals surface area contributed by atoms with E-state index < -0.39 is 6.10 Å². The second-order valence-corrected chi connectivity index (χ2v) is 6.49. The summed E-state index contributed by atoms with van der Waals surface area (Å²) in [6.45, 7) is 2.10. The van der Waals surface area contributed by atoms with Crippen molar-refractivity contribution in [3.63, 3.8) is 0 Å². The first kappa shape index (κ1) is 20.9. The smallest absolute Gasteiger partial charge is 0.280 e. The molecule has 6 nitrogen and oxygen atoms in total. The second kappa shape index (κ2) is 10.7. The van der Waals surface area contributed by atoms with Gasteiger partial charge in [0.2, 0.25) is 0 Å². The molecule has 0 bridgehead atoms. The van der Waals surface area contributed by atoms with Crippen molar-refractivity contribution in [3.8, 4) is 17.2 Å². The Morgan fingerprint density at radius 3 is 2.53 bits per heavy atom. The van der Waals surface area contributed by atoms with Crippen molar-refractivity contribution >= 4 is 12.1 Å². The molecule has 0 fully saturated rings. The molecule has 0 aliphatic rings. The summed E-state index contributed by atoms with van der Waals surface area (Å²) in [7, 11) is 1.57. The number of methoxy groups -OCH3 is 1. The molecule has 0 radical (unpaired) electrons. The van der Waals surface area contributed by atoms with E-state index in [1.165, 1.54) is 0 Å². The summed E-state index contributed by atoms with van der Waals surface area (Å²) >= 11 is 0. The number of para-hydroxylation sites is 1. The van der Waals surface area contributed by atoms with Gasteiger partial charge in [-0.25, -0.2) is 5.43 Å². The van der Waals surface area contributed by atoms with E-state index in [0.29, 0.717) is 23.9 Å². The molecule has 0 spiro atoms. The largest absolute Gasteiger partial charge is 0.497 e. The maximum atomic E-state index is 12.3. The summed E-state index contributed by atoms with van der Waals surface area (Å²) in [4.78, 5) is 12.3. The molecule has 1 unspecified atom stereocenters. The number of carbonyl (C=O) groups is 1. The van der Waals surface area contributed by atoms with Crippen molar-refractivity contribution in [2.45, 2.75) is 19.6 Å². The molecular weight excluding hydrogens is 380 g/mol. The van der Waals surface area contributed by atoms with Gasteiger partial charge >= 0.3 is 0 Å². The van der Waals surface area contributed by atoms with E-state index in [2.05, 4.69) is 10.5 Å². The molecule has 1 atom stereocenters. The first-order chi connectivity index (χ1) is 14.7. The number of benzene rings is 3. The van der Waals surface area contributed by atoms with Gasteiger partial charge in [0.1, 0.15) is 23.9 Å². The lowest BCUT2D eigenvalue weighted by Crippen LogP contribution is -2.33. The van der Waals surface area contributed by atoms with Crippen LogP contribution in [0.1, 0.15) is 18.1 Å². The van der Waals surface area contributed by atoms with Crippen molar-refractivity contribution in [2.24, 2.45) is 5.10 Å². The van der Waals surface area contributed by atoms with E-state index in [1.54, 1.807) is 44.5 Å². The Balaban J connectivity index is 1.56.